The molecule has 1 aliphatic rings. The van der Waals surface area contributed by atoms with Crippen LogP contribution in [-0.4, -0.2) is 29.6 Å². The number of carbonyl (C=O) groups excluding carboxylic acids is 1. The second-order valence-corrected chi connectivity index (χ2v) is 4.40. The molecule has 1 aliphatic carbocycles. The van der Waals surface area contributed by atoms with Gasteiger partial charge in [-0.3, -0.25) is 9.79 Å². The molecule has 0 aliphatic heterocycles. The lowest BCUT2D eigenvalue weighted by atomic mass is 9.91. The maximum atomic E-state index is 10.6. The Bertz CT molecular complexity index is 417. The third kappa shape index (κ3) is 3.20. The fourth-order valence-electron chi connectivity index (χ4n) is 2.10. The van der Waals surface area contributed by atoms with Crippen molar-refractivity contribution in [1.82, 2.24) is 4.98 Å². The SMILES string of the molecule is N[C@H]1CCCC[C@@H]1N=Cc1cccc(C=O)n1. The highest BCUT2D eigenvalue weighted by molar-refractivity contribution is 5.79. The molecule has 1 heterocycles. The predicted molar refractivity (Wildman–Crippen MR) is 67.4 cm³/mol. The predicted octanol–water partition coefficient (Wildman–Crippen LogP) is 1.58. The molecule has 4 nitrogen and oxygen atoms in total. The zero-order valence-corrected chi connectivity index (χ0v) is 9.75. The minimum Gasteiger partial charge on any atom is -0.326 e. The molecule has 4 heteroatoms. The Morgan fingerprint density at radius 2 is 2.06 bits per heavy atom. The average molecular weight is 231 g/mol. The van der Waals surface area contributed by atoms with Crippen molar-refractivity contribution >= 4 is 12.5 Å². The van der Waals surface area contributed by atoms with Crippen molar-refractivity contribution in [3.63, 3.8) is 0 Å². The van der Waals surface area contributed by atoms with E-state index in [1.807, 2.05) is 6.07 Å². The summed E-state index contributed by atoms with van der Waals surface area (Å²) in [5.74, 6) is 0. The highest BCUT2D eigenvalue weighted by atomic mass is 16.1. The number of aromatic nitrogens is 1. The Hall–Kier alpha value is -1.55. The number of aldehydes is 1. The molecule has 0 saturated heterocycles. The molecule has 0 bridgehead atoms. The molecule has 0 unspecified atom stereocenters. The summed E-state index contributed by atoms with van der Waals surface area (Å²) in [6.45, 7) is 0. The minimum atomic E-state index is 0.161. The molecule has 2 atom stereocenters. The third-order valence-electron chi connectivity index (χ3n) is 3.09. The van der Waals surface area contributed by atoms with Crippen LogP contribution in [-0.2, 0) is 0 Å². The number of hydrogen-bond donors (Lipinski definition) is 1. The second kappa shape index (κ2) is 5.68. The highest BCUT2D eigenvalue weighted by Gasteiger charge is 2.20. The number of aliphatic imine (C=N–C) groups is 1. The molecule has 90 valence electrons. The zero-order valence-electron chi connectivity index (χ0n) is 9.75. The monoisotopic (exact) mass is 231 g/mol. The van der Waals surface area contributed by atoms with Crippen molar-refractivity contribution in [2.75, 3.05) is 0 Å². The molecule has 1 aromatic heterocycles. The van der Waals surface area contributed by atoms with Gasteiger partial charge in [-0.05, 0) is 25.0 Å². The van der Waals surface area contributed by atoms with E-state index >= 15 is 0 Å². The number of nitrogens with two attached hydrogens (primary N) is 1. The van der Waals surface area contributed by atoms with E-state index in [4.69, 9.17) is 5.73 Å². The first-order valence-corrected chi connectivity index (χ1v) is 6.00. The summed E-state index contributed by atoms with van der Waals surface area (Å²) < 4.78 is 0. The van der Waals surface area contributed by atoms with Gasteiger partial charge < -0.3 is 5.73 Å². The second-order valence-electron chi connectivity index (χ2n) is 4.40. The Balaban J connectivity index is 2.05. The molecule has 2 N–H and O–H groups in total. The molecule has 0 aromatic carbocycles. The maximum absolute atomic E-state index is 10.6. The highest BCUT2D eigenvalue weighted by Crippen LogP contribution is 2.19. The van der Waals surface area contributed by atoms with Crippen LogP contribution in [0.1, 0.15) is 41.9 Å². The van der Waals surface area contributed by atoms with E-state index in [2.05, 4.69) is 9.98 Å². The van der Waals surface area contributed by atoms with Crippen LogP contribution >= 0.6 is 0 Å². The summed E-state index contributed by atoms with van der Waals surface area (Å²) in [6, 6.07) is 5.68. The first-order chi connectivity index (χ1) is 8.29. The van der Waals surface area contributed by atoms with E-state index in [0.29, 0.717) is 11.4 Å². The lowest BCUT2D eigenvalue weighted by molar-refractivity contribution is 0.111. The van der Waals surface area contributed by atoms with Crippen LogP contribution < -0.4 is 5.73 Å². The lowest BCUT2D eigenvalue weighted by Crippen LogP contribution is -2.36. The summed E-state index contributed by atoms with van der Waals surface area (Å²) in [6.07, 6.45) is 6.95. The first kappa shape index (κ1) is 11.9. The standard InChI is InChI=1S/C13H17N3O/c14-12-6-1-2-7-13(12)15-8-10-4-3-5-11(9-17)16-10/h3-5,8-9,12-13H,1-2,6-7,14H2/t12-,13-/m0/s1. The van der Waals surface area contributed by atoms with E-state index in [1.54, 1.807) is 18.3 Å². The molecule has 0 spiro atoms. The van der Waals surface area contributed by atoms with E-state index in [1.165, 1.54) is 12.8 Å². The van der Waals surface area contributed by atoms with Gasteiger partial charge in [-0.15, -0.1) is 0 Å². The minimum absolute atomic E-state index is 0.161. The van der Waals surface area contributed by atoms with Crippen molar-refractivity contribution in [1.29, 1.82) is 0 Å². The van der Waals surface area contributed by atoms with E-state index in [0.717, 1.165) is 19.1 Å². The third-order valence-corrected chi connectivity index (χ3v) is 3.09. The number of nitrogens with zero attached hydrogens (tertiary/aromatic N) is 2. The van der Waals surface area contributed by atoms with Gasteiger partial charge in [-0.2, -0.15) is 0 Å². The molecule has 1 fully saturated rings. The molecular formula is C13H17N3O. The van der Waals surface area contributed by atoms with Crippen molar-refractivity contribution < 1.29 is 4.79 Å². The van der Waals surface area contributed by atoms with Crippen molar-refractivity contribution in [2.45, 2.75) is 37.8 Å². The van der Waals surface area contributed by atoms with E-state index < -0.39 is 0 Å². The fraction of sp³-hybridized carbons (Fsp3) is 0.462. The Morgan fingerprint density at radius 1 is 1.29 bits per heavy atom. The van der Waals surface area contributed by atoms with Gasteiger partial charge in [0.25, 0.3) is 0 Å². The molecular weight excluding hydrogens is 214 g/mol. The van der Waals surface area contributed by atoms with Gasteiger partial charge in [0.15, 0.2) is 6.29 Å². The Labute approximate surface area is 101 Å². The first-order valence-electron chi connectivity index (χ1n) is 6.00. The number of rotatable bonds is 3. The van der Waals surface area contributed by atoms with Crippen LogP contribution in [0.25, 0.3) is 0 Å². The zero-order chi connectivity index (χ0) is 12.1. The Morgan fingerprint density at radius 3 is 2.82 bits per heavy atom. The van der Waals surface area contributed by atoms with Gasteiger partial charge in [0.05, 0.1) is 11.7 Å². The van der Waals surface area contributed by atoms with Gasteiger partial charge in [0.2, 0.25) is 0 Å². The summed E-state index contributed by atoms with van der Waals surface area (Å²) >= 11 is 0. The van der Waals surface area contributed by atoms with Crippen LogP contribution in [0.3, 0.4) is 0 Å². The van der Waals surface area contributed by atoms with Gasteiger partial charge in [0, 0.05) is 12.3 Å². The topological polar surface area (TPSA) is 68.3 Å². The summed E-state index contributed by atoms with van der Waals surface area (Å²) in [7, 11) is 0. The largest absolute Gasteiger partial charge is 0.326 e. The van der Waals surface area contributed by atoms with Gasteiger partial charge in [-0.1, -0.05) is 18.9 Å². The van der Waals surface area contributed by atoms with E-state index in [9.17, 15) is 4.79 Å². The number of hydrogen-bond acceptors (Lipinski definition) is 4. The van der Waals surface area contributed by atoms with Crippen LogP contribution in [0.4, 0.5) is 0 Å². The Kier molecular flexibility index (Phi) is 3.98. The van der Waals surface area contributed by atoms with Crippen molar-refractivity contribution in [3.8, 4) is 0 Å². The van der Waals surface area contributed by atoms with Crippen LogP contribution in [0.5, 0.6) is 0 Å². The molecule has 1 aromatic rings. The number of pyridine rings is 1. The van der Waals surface area contributed by atoms with Gasteiger partial charge in [-0.25, -0.2) is 4.98 Å². The number of carbonyl (C=O) groups is 1. The fourth-order valence-corrected chi connectivity index (χ4v) is 2.10. The van der Waals surface area contributed by atoms with Gasteiger partial charge in [0.1, 0.15) is 5.69 Å². The average Bonchev–Trinajstić information content (AvgIpc) is 2.38. The summed E-state index contributed by atoms with van der Waals surface area (Å²) in [5, 5.41) is 0. The van der Waals surface area contributed by atoms with Crippen molar-refractivity contribution in [3.05, 3.63) is 29.6 Å². The molecule has 0 radical (unpaired) electrons. The maximum Gasteiger partial charge on any atom is 0.168 e. The summed E-state index contributed by atoms with van der Waals surface area (Å²) in [4.78, 5) is 19.2. The lowest BCUT2D eigenvalue weighted by Gasteiger charge is -2.24. The van der Waals surface area contributed by atoms with Crippen LogP contribution in [0.15, 0.2) is 23.2 Å². The van der Waals surface area contributed by atoms with Gasteiger partial charge >= 0.3 is 0 Å². The van der Waals surface area contributed by atoms with Crippen LogP contribution in [0, 0.1) is 0 Å². The molecule has 0 amide bonds. The van der Waals surface area contributed by atoms with E-state index in [-0.39, 0.29) is 12.1 Å². The van der Waals surface area contributed by atoms with Crippen LogP contribution in [0.2, 0.25) is 0 Å². The quantitative estimate of drug-likeness (QED) is 0.634. The van der Waals surface area contributed by atoms with Crippen molar-refractivity contribution in [2.24, 2.45) is 10.7 Å². The molecule has 17 heavy (non-hydrogen) atoms. The smallest absolute Gasteiger partial charge is 0.168 e. The molecule has 1 saturated carbocycles. The molecule has 2 rings (SSSR count). The normalized spacial score (nSPS) is 25.0. The summed E-state index contributed by atoms with van der Waals surface area (Å²) in [5.41, 5.74) is 7.16.